The lowest BCUT2D eigenvalue weighted by Crippen LogP contribution is -2.64. The summed E-state index contributed by atoms with van der Waals surface area (Å²) < 4.78 is 4.67. The summed E-state index contributed by atoms with van der Waals surface area (Å²) in [6, 6.07) is 0. The number of rotatable bonds is 1. The van der Waals surface area contributed by atoms with Gasteiger partial charge >= 0.3 is 0 Å². The van der Waals surface area contributed by atoms with Gasteiger partial charge in [-0.2, -0.15) is 0 Å². The van der Waals surface area contributed by atoms with E-state index in [2.05, 4.69) is 4.74 Å². The molecule has 0 bridgehead atoms. The monoisotopic (exact) mass is 194 g/mol. The zero-order valence-electron chi connectivity index (χ0n) is 7.11. The van der Waals surface area contributed by atoms with Crippen LogP contribution in [0.1, 0.15) is 0 Å². The van der Waals surface area contributed by atoms with E-state index in [0.29, 0.717) is 0 Å². The third-order valence-corrected chi connectivity index (χ3v) is 2.35. The first-order chi connectivity index (χ1) is 6.00. The molecule has 6 nitrogen and oxygen atoms in total. The van der Waals surface area contributed by atoms with Crippen molar-refractivity contribution in [3.63, 3.8) is 0 Å². The van der Waals surface area contributed by atoms with Crippen LogP contribution in [0.2, 0.25) is 0 Å². The predicted octanol–water partition coefficient (Wildman–Crippen LogP) is -3.18. The Labute approximate surface area is 75.0 Å². The normalized spacial score (nSPS) is 52.2. The van der Waals surface area contributed by atoms with E-state index in [1.165, 1.54) is 7.11 Å². The van der Waals surface area contributed by atoms with Gasteiger partial charge in [0.1, 0.15) is 36.6 Å². The lowest BCUT2D eigenvalue weighted by molar-refractivity contribution is -0.229. The molecule has 6 atom stereocenters. The van der Waals surface area contributed by atoms with Gasteiger partial charge in [-0.05, 0) is 0 Å². The van der Waals surface area contributed by atoms with E-state index in [9.17, 15) is 20.4 Å². The molecule has 1 aliphatic rings. The van der Waals surface area contributed by atoms with E-state index in [1.807, 2.05) is 0 Å². The highest BCUT2D eigenvalue weighted by Gasteiger charge is 2.48. The topological polar surface area (TPSA) is 110 Å². The summed E-state index contributed by atoms with van der Waals surface area (Å²) >= 11 is 0. The Morgan fingerprint density at radius 3 is 1.31 bits per heavy atom. The Morgan fingerprint density at radius 1 is 0.692 bits per heavy atom. The Balaban J connectivity index is 2.79. The van der Waals surface area contributed by atoms with Crippen molar-refractivity contribution in [2.45, 2.75) is 36.6 Å². The standard InChI is InChI=1S/C7H14O6/c1-13-7-5(11)3(9)2(8)4(10)6(7)12/h2-12H,1H3/t2?,3-,4?,5?,6?,7+/m0/s1. The molecule has 0 aromatic heterocycles. The van der Waals surface area contributed by atoms with E-state index in [4.69, 9.17) is 5.11 Å². The smallest absolute Gasteiger partial charge is 0.114 e. The van der Waals surface area contributed by atoms with E-state index in [0.717, 1.165) is 0 Å². The van der Waals surface area contributed by atoms with E-state index >= 15 is 0 Å². The molecule has 6 heteroatoms. The van der Waals surface area contributed by atoms with Gasteiger partial charge in [-0.15, -0.1) is 0 Å². The number of ether oxygens (including phenoxy) is 1. The molecular formula is C7H14O6. The lowest BCUT2D eigenvalue weighted by Gasteiger charge is -2.40. The van der Waals surface area contributed by atoms with Crippen molar-refractivity contribution in [3.8, 4) is 0 Å². The zero-order valence-corrected chi connectivity index (χ0v) is 7.11. The highest BCUT2D eigenvalue weighted by Crippen LogP contribution is 2.23. The summed E-state index contributed by atoms with van der Waals surface area (Å²) in [6.07, 6.45) is -8.48. The first kappa shape index (κ1) is 10.8. The van der Waals surface area contributed by atoms with Crippen molar-refractivity contribution in [2.75, 3.05) is 7.11 Å². The third kappa shape index (κ3) is 1.69. The molecule has 1 fully saturated rings. The van der Waals surface area contributed by atoms with Crippen LogP contribution < -0.4 is 0 Å². The first-order valence-electron chi connectivity index (χ1n) is 3.93. The minimum atomic E-state index is -1.56. The molecule has 13 heavy (non-hydrogen) atoms. The Morgan fingerprint density at radius 2 is 1.00 bits per heavy atom. The average molecular weight is 194 g/mol. The molecule has 0 saturated heterocycles. The quantitative estimate of drug-likeness (QED) is 0.301. The van der Waals surface area contributed by atoms with Crippen molar-refractivity contribution in [2.24, 2.45) is 0 Å². The number of aliphatic hydroxyl groups is 5. The molecule has 0 heterocycles. The molecule has 0 aromatic rings. The fourth-order valence-electron chi connectivity index (χ4n) is 1.48. The van der Waals surface area contributed by atoms with Gasteiger partial charge in [-0.1, -0.05) is 0 Å². The van der Waals surface area contributed by atoms with Crippen LogP contribution in [0.5, 0.6) is 0 Å². The average Bonchev–Trinajstić information content (AvgIpc) is 2.13. The maximum Gasteiger partial charge on any atom is 0.114 e. The summed E-state index contributed by atoms with van der Waals surface area (Å²) in [4.78, 5) is 0. The van der Waals surface area contributed by atoms with Gasteiger partial charge in [-0.25, -0.2) is 0 Å². The predicted molar refractivity (Wildman–Crippen MR) is 40.8 cm³/mol. The second-order valence-electron chi connectivity index (χ2n) is 3.15. The van der Waals surface area contributed by atoms with Gasteiger partial charge in [0.25, 0.3) is 0 Å². The molecular weight excluding hydrogens is 180 g/mol. The van der Waals surface area contributed by atoms with Gasteiger partial charge < -0.3 is 30.3 Å². The minimum absolute atomic E-state index is 1.09. The van der Waals surface area contributed by atoms with Crippen LogP contribution in [0.15, 0.2) is 0 Å². The summed E-state index contributed by atoms with van der Waals surface area (Å²) in [5.74, 6) is 0. The van der Waals surface area contributed by atoms with Crippen LogP contribution in [0, 0.1) is 0 Å². The lowest BCUT2D eigenvalue weighted by atomic mass is 9.85. The zero-order chi connectivity index (χ0) is 10.2. The molecule has 0 radical (unpaired) electrons. The van der Waals surface area contributed by atoms with Crippen molar-refractivity contribution in [1.82, 2.24) is 0 Å². The molecule has 1 saturated carbocycles. The van der Waals surface area contributed by atoms with Crippen LogP contribution in [0.3, 0.4) is 0 Å². The third-order valence-electron chi connectivity index (χ3n) is 2.35. The van der Waals surface area contributed by atoms with Crippen LogP contribution in [-0.2, 0) is 4.74 Å². The molecule has 78 valence electrons. The molecule has 4 unspecified atom stereocenters. The van der Waals surface area contributed by atoms with Gasteiger partial charge in [0, 0.05) is 7.11 Å². The minimum Gasteiger partial charge on any atom is -0.387 e. The summed E-state index contributed by atoms with van der Waals surface area (Å²) in [6.45, 7) is 0. The molecule has 1 aliphatic carbocycles. The SMILES string of the molecule is CO[C@H]1C(O)C(O)C(O)[C@H](O)C1O. The molecule has 0 amide bonds. The second kappa shape index (κ2) is 3.87. The number of hydrogen-bond donors (Lipinski definition) is 5. The fourth-order valence-corrected chi connectivity index (χ4v) is 1.48. The molecule has 0 spiro atoms. The molecule has 0 aliphatic heterocycles. The van der Waals surface area contributed by atoms with Gasteiger partial charge in [0.05, 0.1) is 0 Å². The number of aliphatic hydroxyl groups excluding tert-OH is 5. The Hall–Kier alpha value is -0.240. The fraction of sp³-hybridized carbons (Fsp3) is 1.00. The van der Waals surface area contributed by atoms with E-state index in [-0.39, 0.29) is 0 Å². The van der Waals surface area contributed by atoms with Crippen molar-refractivity contribution < 1.29 is 30.3 Å². The second-order valence-corrected chi connectivity index (χ2v) is 3.15. The summed E-state index contributed by atoms with van der Waals surface area (Å²) in [7, 11) is 1.23. The van der Waals surface area contributed by atoms with Gasteiger partial charge in [0.2, 0.25) is 0 Å². The number of hydrogen-bond acceptors (Lipinski definition) is 6. The highest BCUT2D eigenvalue weighted by molar-refractivity contribution is 4.99. The van der Waals surface area contributed by atoms with Crippen molar-refractivity contribution >= 4 is 0 Å². The maximum atomic E-state index is 9.29. The number of methoxy groups -OCH3 is 1. The van der Waals surface area contributed by atoms with E-state index < -0.39 is 36.6 Å². The Kier molecular flexibility index (Phi) is 3.23. The van der Waals surface area contributed by atoms with Crippen molar-refractivity contribution in [3.05, 3.63) is 0 Å². The van der Waals surface area contributed by atoms with Gasteiger partial charge in [-0.3, -0.25) is 0 Å². The summed E-state index contributed by atoms with van der Waals surface area (Å²) in [5, 5.41) is 46.1. The van der Waals surface area contributed by atoms with Crippen LogP contribution in [0.25, 0.3) is 0 Å². The highest BCUT2D eigenvalue weighted by atomic mass is 16.5. The van der Waals surface area contributed by atoms with Crippen molar-refractivity contribution in [1.29, 1.82) is 0 Å². The van der Waals surface area contributed by atoms with Crippen LogP contribution in [-0.4, -0.2) is 69.3 Å². The molecule has 0 aromatic carbocycles. The van der Waals surface area contributed by atoms with E-state index in [1.54, 1.807) is 0 Å². The largest absolute Gasteiger partial charge is 0.387 e. The molecule has 5 N–H and O–H groups in total. The first-order valence-corrected chi connectivity index (χ1v) is 3.93. The van der Waals surface area contributed by atoms with Gasteiger partial charge in [0.15, 0.2) is 0 Å². The molecule has 1 rings (SSSR count). The van der Waals surface area contributed by atoms with Crippen LogP contribution in [0.4, 0.5) is 0 Å². The van der Waals surface area contributed by atoms with Crippen LogP contribution >= 0.6 is 0 Å². The summed E-state index contributed by atoms with van der Waals surface area (Å²) in [5.41, 5.74) is 0. The maximum absolute atomic E-state index is 9.29. The Bertz CT molecular complexity index is 158.